The molecule has 5 heteroatoms. The number of amides is 1. The number of carbonyl (C=O) groups is 1. The molecule has 3 rings (SSSR count). The summed E-state index contributed by atoms with van der Waals surface area (Å²) in [5.74, 6) is 0.804. The van der Waals surface area contributed by atoms with Crippen LogP contribution in [0.4, 0.5) is 0 Å². The number of carbonyl (C=O) groups excluding carboxylic acids is 1. The SMILES string of the molecule is CC1CC2CNCC2N1C(=O)c1cc(Br)ccc1I. The lowest BCUT2D eigenvalue weighted by molar-refractivity contribution is 0.0681. The first-order valence-corrected chi connectivity index (χ1v) is 8.43. The van der Waals surface area contributed by atoms with Crippen molar-refractivity contribution in [1.29, 1.82) is 0 Å². The minimum atomic E-state index is 0.175. The maximum Gasteiger partial charge on any atom is 0.255 e. The third-order valence-corrected chi connectivity index (χ3v) is 5.61. The summed E-state index contributed by atoms with van der Waals surface area (Å²) in [5, 5.41) is 3.40. The van der Waals surface area contributed by atoms with Gasteiger partial charge in [-0.05, 0) is 60.1 Å². The Kier molecular flexibility index (Phi) is 3.88. The third kappa shape index (κ3) is 2.45. The molecule has 0 spiro atoms. The normalized spacial score (nSPS) is 29.6. The second kappa shape index (κ2) is 5.33. The van der Waals surface area contributed by atoms with Gasteiger partial charge in [-0.1, -0.05) is 15.9 Å². The van der Waals surface area contributed by atoms with E-state index in [1.54, 1.807) is 0 Å². The molecular weight excluding hydrogens is 419 g/mol. The third-order valence-electron chi connectivity index (χ3n) is 4.17. The van der Waals surface area contributed by atoms with Crippen molar-refractivity contribution in [2.24, 2.45) is 5.92 Å². The molecule has 1 N–H and O–H groups in total. The maximum atomic E-state index is 12.8. The van der Waals surface area contributed by atoms with Crippen LogP contribution in [0, 0.1) is 9.49 Å². The zero-order chi connectivity index (χ0) is 13.6. The summed E-state index contributed by atoms with van der Waals surface area (Å²) < 4.78 is 1.98. The van der Waals surface area contributed by atoms with Crippen molar-refractivity contribution in [1.82, 2.24) is 10.2 Å². The number of benzene rings is 1. The Balaban J connectivity index is 1.93. The van der Waals surface area contributed by atoms with Gasteiger partial charge in [0.05, 0.1) is 5.56 Å². The van der Waals surface area contributed by atoms with Crippen LogP contribution >= 0.6 is 38.5 Å². The predicted octanol–water partition coefficient (Wildman–Crippen LogP) is 2.88. The number of hydrogen-bond acceptors (Lipinski definition) is 2. The summed E-state index contributed by atoms with van der Waals surface area (Å²) in [7, 11) is 0. The Labute approximate surface area is 135 Å². The molecule has 0 saturated carbocycles. The zero-order valence-electron chi connectivity index (χ0n) is 10.7. The molecule has 0 bridgehead atoms. The lowest BCUT2D eigenvalue weighted by Gasteiger charge is -2.28. The average Bonchev–Trinajstić information content (AvgIpc) is 2.91. The van der Waals surface area contributed by atoms with Crippen LogP contribution < -0.4 is 5.32 Å². The standard InChI is InChI=1S/C14H16BrIN2O/c1-8-4-9-6-17-7-13(9)18(8)14(19)11-5-10(15)2-3-12(11)16/h2-3,5,8-9,13,17H,4,6-7H2,1H3. The van der Waals surface area contributed by atoms with E-state index in [1.807, 2.05) is 18.2 Å². The highest BCUT2D eigenvalue weighted by Gasteiger charge is 2.44. The Morgan fingerprint density at radius 1 is 1.47 bits per heavy atom. The van der Waals surface area contributed by atoms with Gasteiger partial charge in [0.25, 0.3) is 5.91 Å². The van der Waals surface area contributed by atoms with Crippen LogP contribution in [-0.2, 0) is 0 Å². The van der Waals surface area contributed by atoms with Gasteiger partial charge in [-0.2, -0.15) is 0 Å². The maximum absolute atomic E-state index is 12.8. The molecule has 2 heterocycles. The lowest BCUT2D eigenvalue weighted by Crippen LogP contribution is -2.43. The zero-order valence-corrected chi connectivity index (χ0v) is 14.4. The average molecular weight is 435 g/mol. The fourth-order valence-electron chi connectivity index (χ4n) is 3.32. The van der Waals surface area contributed by atoms with Crippen LogP contribution in [0.1, 0.15) is 23.7 Å². The smallest absolute Gasteiger partial charge is 0.255 e. The first-order valence-electron chi connectivity index (χ1n) is 6.56. The van der Waals surface area contributed by atoms with E-state index in [1.165, 1.54) is 0 Å². The molecule has 2 fully saturated rings. The molecule has 102 valence electrons. The minimum absolute atomic E-state index is 0.175. The number of nitrogens with zero attached hydrogens (tertiary/aromatic N) is 1. The molecule has 0 aromatic heterocycles. The van der Waals surface area contributed by atoms with Crippen LogP contribution in [0.2, 0.25) is 0 Å². The Morgan fingerprint density at radius 3 is 3.05 bits per heavy atom. The predicted molar refractivity (Wildman–Crippen MR) is 87.3 cm³/mol. The summed E-state index contributed by atoms with van der Waals surface area (Å²) in [6.07, 6.45) is 1.12. The van der Waals surface area contributed by atoms with Crippen LogP contribution in [-0.4, -0.2) is 36.0 Å². The number of fused-ring (bicyclic) bond motifs is 1. The van der Waals surface area contributed by atoms with E-state index in [4.69, 9.17) is 0 Å². The molecule has 1 amide bonds. The summed E-state index contributed by atoms with van der Waals surface area (Å²) in [4.78, 5) is 14.9. The van der Waals surface area contributed by atoms with E-state index in [0.29, 0.717) is 18.0 Å². The van der Waals surface area contributed by atoms with E-state index in [-0.39, 0.29) is 5.91 Å². The van der Waals surface area contributed by atoms with Crippen LogP contribution in [0.15, 0.2) is 22.7 Å². The molecule has 3 nitrogen and oxygen atoms in total. The highest BCUT2D eigenvalue weighted by Crippen LogP contribution is 2.34. The number of halogens is 2. The van der Waals surface area contributed by atoms with Crippen LogP contribution in [0.5, 0.6) is 0 Å². The molecule has 2 aliphatic heterocycles. The van der Waals surface area contributed by atoms with Crippen molar-refractivity contribution in [2.75, 3.05) is 13.1 Å². The van der Waals surface area contributed by atoms with Gasteiger partial charge in [-0.15, -0.1) is 0 Å². The summed E-state index contributed by atoms with van der Waals surface area (Å²) in [6, 6.07) is 6.62. The fourth-order valence-corrected chi connectivity index (χ4v) is 4.24. The van der Waals surface area contributed by atoms with Crippen LogP contribution in [0.25, 0.3) is 0 Å². The Bertz CT molecular complexity index is 522. The molecule has 3 unspecified atom stereocenters. The second-order valence-corrected chi connectivity index (χ2v) is 7.48. The quantitative estimate of drug-likeness (QED) is 0.689. The van der Waals surface area contributed by atoms with Gasteiger partial charge in [0, 0.05) is 33.2 Å². The Morgan fingerprint density at radius 2 is 2.26 bits per heavy atom. The molecule has 0 radical (unpaired) electrons. The summed E-state index contributed by atoms with van der Waals surface area (Å²) >= 11 is 5.70. The van der Waals surface area contributed by atoms with E-state index >= 15 is 0 Å². The molecule has 2 aliphatic rings. The van der Waals surface area contributed by atoms with Gasteiger partial charge in [0.2, 0.25) is 0 Å². The number of nitrogens with one attached hydrogen (secondary N) is 1. The lowest BCUT2D eigenvalue weighted by atomic mass is 10.0. The number of hydrogen-bond donors (Lipinski definition) is 1. The van der Waals surface area contributed by atoms with E-state index < -0.39 is 0 Å². The Hall–Kier alpha value is -0.140. The first kappa shape index (κ1) is 13.8. The summed E-state index contributed by atoms with van der Waals surface area (Å²) in [6.45, 7) is 4.15. The van der Waals surface area contributed by atoms with E-state index in [9.17, 15) is 4.79 Å². The van der Waals surface area contributed by atoms with Crippen molar-refractivity contribution in [3.63, 3.8) is 0 Å². The molecule has 19 heavy (non-hydrogen) atoms. The second-order valence-electron chi connectivity index (χ2n) is 5.41. The van der Waals surface area contributed by atoms with E-state index in [0.717, 1.165) is 33.1 Å². The summed E-state index contributed by atoms with van der Waals surface area (Å²) in [5.41, 5.74) is 0.814. The van der Waals surface area contributed by atoms with Gasteiger partial charge in [-0.3, -0.25) is 4.79 Å². The number of rotatable bonds is 1. The van der Waals surface area contributed by atoms with E-state index in [2.05, 4.69) is 55.7 Å². The van der Waals surface area contributed by atoms with Gasteiger partial charge >= 0.3 is 0 Å². The highest BCUT2D eigenvalue weighted by molar-refractivity contribution is 14.1. The molecule has 2 saturated heterocycles. The van der Waals surface area contributed by atoms with Gasteiger partial charge in [0.1, 0.15) is 0 Å². The highest BCUT2D eigenvalue weighted by atomic mass is 127. The van der Waals surface area contributed by atoms with Gasteiger partial charge in [0.15, 0.2) is 0 Å². The molecular formula is C14H16BrIN2O. The van der Waals surface area contributed by atoms with Gasteiger partial charge < -0.3 is 10.2 Å². The molecule has 0 aliphatic carbocycles. The molecule has 1 aromatic rings. The fraction of sp³-hybridized carbons (Fsp3) is 0.500. The monoisotopic (exact) mass is 434 g/mol. The largest absolute Gasteiger partial charge is 0.331 e. The topological polar surface area (TPSA) is 32.3 Å². The van der Waals surface area contributed by atoms with Crippen molar-refractivity contribution >= 4 is 44.4 Å². The van der Waals surface area contributed by atoms with Gasteiger partial charge in [-0.25, -0.2) is 0 Å². The molecule has 1 aromatic carbocycles. The minimum Gasteiger partial charge on any atom is -0.331 e. The van der Waals surface area contributed by atoms with Crippen LogP contribution in [0.3, 0.4) is 0 Å². The van der Waals surface area contributed by atoms with Crippen molar-refractivity contribution in [3.05, 3.63) is 31.8 Å². The number of likely N-dealkylation sites (tertiary alicyclic amines) is 1. The van der Waals surface area contributed by atoms with Crippen molar-refractivity contribution < 1.29 is 4.79 Å². The molecule has 3 atom stereocenters. The van der Waals surface area contributed by atoms with Crippen molar-refractivity contribution in [2.45, 2.75) is 25.4 Å². The van der Waals surface area contributed by atoms with Crippen molar-refractivity contribution in [3.8, 4) is 0 Å². The first-order chi connectivity index (χ1) is 9.08.